The number of nitrogen functional groups attached to an aromatic ring is 1. The second kappa shape index (κ2) is 7.33. The highest BCUT2D eigenvalue weighted by molar-refractivity contribution is 5.89. The highest BCUT2D eigenvalue weighted by Gasteiger charge is 2.13. The van der Waals surface area contributed by atoms with Crippen LogP contribution in [0.15, 0.2) is 54.6 Å². The Morgan fingerprint density at radius 3 is 2.57 bits per heavy atom. The molecule has 4 heteroatoms. The molecular weight excluding hydrogens is 262 g/mol. The summed E-state index contributed by atoms with van der Waals surface area (Å²) in [6.45, 7) is 3.31. The molecule has 0 saturated carbocycles. The number of amides is 2. The number of hydrogen-bond acceptors (Lipinski definition) is 2. The lowest BCUT2D eigenvalue weighted by Crippen LogP contribution is -2.35. The average Bonchev–Trinajstić information content (AvgIpc) is 2.48. The summed E-state index contributed by atoms with van der Waals surface area (Å²) in [6.07, 6.45) is 0.907. The highest BCUT2D eigenvalue weighted by atomic mass is 16.2. The van der Waals surface area contributed by atoms with Crippen LogP contribution < -0.4 is 11.1 Å². The van der Waals surface area contributed by atoms with Gasteiger partial charge in [-0.1, -0.05) is 37.3 Å². The molecule has 0 atom stereocenters. The van der Waals surface area contributed by atoms with Crippen LogP contribution in [0, 0.1) is 0 Å². The summed E-state index contributed by atoms with van der Waals surface area (Å²) in [6, 6.07) is 17.0. The summed E-state index contributed by atoms with van der Waals surface area (Å²) in [5, 5.41) is 2.92. The minimum atomic E-state index is -0.0922. The summed E-state index contributed by atoms with van der Waals surface area (Å²) in [5.41, 5.74) is 8.34. The van der Waals surface area contributed by atoms with Gasteiger partial charge in [-0.3, -0.25) is 0 Å². The molecule has 0 radical (unpaired) electrons. The van der Waals surface area contributed by atoms with Gasteiger partial charge in [0.25, 0.3) is 0 Å². The van der Waals surface area contributed by atoms with E-state index in [2.05, 4.69) is 12.2 Å². The Morgan fingerprint density at radius 1 is 1.14 bits per heavy atom. The van der Waals surface area contributed by atoms with E-state index in [-0.39, 0.29) is 6.03 Å². The molecule has 0 aliphatic heterocycles. The molecule has 0 heterocycles. The Kier molecular flexibility index (Phi) is 5.21. The molecule has 0 unspecified atom stereocenters. The third-order valence-electron chi connectivity index (χ3n) is 3.13. The number of nitrogens with one attached hydrogen (secondary N) is 1. The molecule has 0 aliphatic rings. The van der Waals surface area contributed by atoms with Crippen molar-refractivity contribution in [1.29, 1.82) is 0 Å². The Hall–Kier alpha value is -2.49. The number of carbonyl (C=O) groups excluding carboxylic acids is 1. The number of nitrogens with zero attached hydrogens (tertiary/aromatic N) is 1. The smallest absolute Gasteiger partial charge is 0.322 e. The fourth-order valence-electron chi connectivity index (χ4n) is 2.16. The van der Waals surface area contributed by atoms with Crippen LogP contribution in [0.1, 0.15) is 18.9 Å². The third kappa shape index (κ3) is 4.53. The fourth-order valence-corrected chi connectivity index (χ4v) is 2.16. The van der Waals surface area contributed by atoms with Gasteiger partial charge in [-0.05, 0) is 36.2 Å². The van der Waals surface area contributed by atoms with E-state index in [1.54, 1.807) is 4.90 Å². The molecule has 21 heavy (non-hydrogen) atoms. The van der Waals surface area contributed by atoms with Gasteiger partial charge < -0.3 is 16.0 Å². The minimum absolute atomic E-state index is 0.0922. The van der Waals surface area contributed by atoms with Crippen molar-refractivity contribution in [2.24, 2.45) is 0 Å². The lowest BCUT2D eigenvalue weighted by Gasteiger charge is -2.23. The second-order valence-electron chi connectivity index (χ2n) is 4.96. The van der Waals surface area contributed by atoms with Crippen LogP contribution in [0.25, 0.3) is 0 Å². The van der Waals surface area contributed by atoms with E-state index in [1.807, 2.05) is 54.6 Å². The van der Waals surface area contributed by atoms with Gasteiger partial charge in [0.1, 0.15) is 0 Å². The molecule has 2 aromatic rings. The van der Waals surface area contributed by atoms with Gasteiger partial charge in [-0.2, -0.15) is 0 Å². The number of nitrogens with two attached hydrogens (primary N) is 1. The molecule has 0 aromatic heterocycles. The topological polar surface area (TPSA) is 58.4 Å². The quantitative estimate of drug-likeness (QED) is 0.822. The molecule has 2 aromatic carbocycles. The van der Waals surface area contributed by atoms with Gasteiger partial charge in [0.15, 0.2) is 0 Å². The molecular formula is C17H21N3O. The van der Waals surface area contributed by atoms with Crippen LogP contribution in [0.3, 0.4) is 0 Å². The van der Waals surface area contributed by atoms with Crippen LogP contribution in [0.4, 0.5) is 16.2 Å². The second-order valence-corrected chi connectivity index (χ2v) is 4.96. The normalized spacial score (nSPS) is 10.1. The SMILES string of the molecule is CCCN(Cc1cccc(N)c1)C(=O)Nc1ccccc1. The number of para-hydroxylation sites is 1. The minimum Gasteiger partial charge on any atom is -0.399 e. The van der Waals surface area contributed by atoms with E-state index in [4.69, 9.17) is 5.73 Å². The molecule has 2 rings (SSSR count). The molecule has 110 valence electrons. The van der Waals surface area contributed by atoms with Crippen molar-refractivity contribution in [2.75, 3.05) is 17.6 Å². The van der Waals surface area contributed by atoms with E-state index >= 15 is 0 Å². The first-order valence-electron chi connectivity index (χ1n) is 7.14. The van der Waals surface area contributed by atoms with Crippen LogP contribution in [0.2, 0.25) is 0 Å². The van der Waals surface area contributed by atoms with E-state index in [0.29, 0.717) is 18.8 Å². The first-order chi connectivity index (χ1) is 10.2. The Bertz CT molecular complexity index is 584. The van der Waals surface area contributed by atoms with Crippen molar-refractivity contribution in [2.45, 2.75) is 19.9 Å². The summed E-state index contributed by atoms with van der Waals surface area (Å²) < 4.78 is 0. The summed E-state index contributed by atoms with van der Waals surface area (Å²) in [5.74, 6) is 0. The lowest BCUT2D eigenvalue weighted by atomic mass is 10.2. The van der Waals surface area contributed by atoms with Gasteiger partial charge in [-0.25, -0.2) is 4.79 Å². The maximum atomic E-state index is 12.4. The Balaban J connectivity index is 2.05. The van der Waals surface area contributed by atoms with Gasteiger partial charge in [0, 0.05) is 24.5 Å². The van der Waals surface area contributed by atoms with Crippen LogP contribution in [0.5, 0.6) is 0 Å². The molecule has 0 saturated heterocycles. The van der Waals surface area contributed by atoms with Crippen LogP contribution in [-0.2, 0) is 6.54 Å². The molecule has 4 nitrogen and oxygen atoms in total. The van der Waals surface area contributed by atoms with Gasteiger partial charge >= 0.3 is 6.03 Å². The monoisotopic (exact) mass is 283 g/mol. The highest BCUT2D eigenvalue weighted by Crippen LogP contribution is 2.12. The van der Waals surface area contributed by atoms with Crippen LogP contribution >= 0.6 is 0 Å². The standard InChI is InChI=1S/C17H21N3O/c1-2-11-20(13-14-7-6-8-15(18)12-14)17(21)19-16-9-4-3-5-10-16/h3-10,12H,2,11,13,18H2,1H3,(H,19,21). The van der Waals surface area contributed by atoms with Crippen molar-refractivity contribution in [1.82, 2.24) is 4.90 Å². The van der Waals surface area contributed by atoms with Gasteiger partial charge in [-0.15, -0.1) is 0 Å². The molecule has 0 fully saturated rings. The van der Waals surface area contributed by atoms with Crippen molar-refractivity contribution in [3.8, 4) is 0 Å². The van der Waals surface area contributed by atoms with E-state index in [0.717, 1.165) is 17.7 Å². The van der Waals surface area contributed by atoms with Crippen molar-refractivity contribution < 1.29 is 4.79 Å². The molecule has 2 amide bonds. The number of carbonyl (C=O) groups is 1. The molecule has 0 aliphatic carbocycles. The molecule has 0 bridgehead atoms. The number of benzene rings is 2. The average molecular weight is 283 g/mol. The predicted octanol–water partition coefficient (Wildman–Crippen LogP) is 3.71. The molecule has 0 spiro atoms. The van der Waals surface area contributed by atoms with E-state index in [1.165, 1.54) is 0 Å². The summed E-state index contributed by atoms with van der Waals surface area (Å²) in [7, 11) is 0. The Morgan fingerprint density at radius 2 is 1.90 bits per heavy atom. The Labute approximate surface area is 125 Å². The van der Waals surface area contributed by atoms with Crippen molar-refractivity contribution in [3.63, 3.8) is 0 Å². The van der Waals surface area contributed by atoms with Crippen molar-refractivity contribution >= 4 is 17.4 Å². The first kappa shape index (κ1) is 14.9. The fraction of sp³-hybridized carbons (Fsp3) is 0.235. The predicted molar refractivity (Wildman–Crippen MR) is 87.0 cm³/mol. The first-order valence-corrected chi connectivity index (χ1v) is 7.14. The zero-order valence-electron chi connectivity index (χ0n) is 12.3. The molecule has 3 N–H and O–H groups in total. The van der Waals surface area contributed by atoms with Crippen molar-refractivity contribution in [3.05, 3.63) is 60.2 Å². The van der Waals surface area contributed by atoms with E-state index in [9.17, 15) is 4.79 Å². The third-order valence-corrected chi connectivity index (χ3v) is 3.13. The lowest BCUT2D eigenvalue weighted by molar-refractivity contribution is 0.209. The van der Waals surface area contributed by atoms with Gasteiger partial charge in [0.2, 0.25) is 0 Å². The number of anilines is 2. The maximum Gasteiger partial charge on any atom is 0.322 e. The summed E-state index contributed by atoms with van der Waals surface area (Å²) >= 11 is 0. The van der Waals surface area contributed by atoms with Crippen LogP contribution in [-0.4, -0.2) is 17.5 Å². The number of rotatable bonds is 5. The maximum absolute atomic E-state index is 12.4. The number of hydrogen-bond donors (Lipinski definition) is 2. The summed E-state index contributed by atoms with van der Waals surface area (Å²) in [4.78, 5) is 14.2. The largest absolute Gasteiger partial charge is 0.399 e. The van der Waals surface area contributed by atoms with E-state index < -0.39 is 0 Å². The zero-order valence-corrected chi connectivity index (χ0v) is 12.3. The van der Waals surface area contributed by atoms with Gasteiger partial charge in [0.05, 0.1) is 0 Å². The number of urea groups is 1. The zero-order chi connectivity index (χ0) is 15.1.